The predicted molar refractivity (Wildman–Crippen MR) is 125 cm³/mol. The zero-order valence-corrected chi connectivity index (χ0v) is 19.2. The van der Waals surface area contributed by atoms with Crippen molar-refractivity contribution in [3.05, 3.63) is 35.0 Å². The van der Waals surface area contributed by atoms with E-state index in [1.165, 1.54) is 19.3 Å². The number of nitrogens with one attached hydrogen (secondary N) is 3. The third kappa shape index (κ3) is 5.73. The van der Waals surface area contributed by atoms with Gasteiger partial charge in [-0.2, -0.15) is 4.98 Å². The molecular weight excluding hydrogens is 430 g/mol. The van der Waals surface area contributed by atoms with E-state index in [1.807, 2.05) is 32.0 Å². The van der Waals surface area contributed by atoms with Crippen LogP contribution in [0, 0.1) is 12.8 Å². The molecular formula is C23H30ClN5O3. The van der Waals surface area contributed by atoms with Crippen molar-refractivity contribution < 1.29 is 13.7 Å². The molecule has 172 valence electrons. The molecule has 0 bridgehead atoms. The van der Waals surface area contributed by atoms with Gasteiger partial charge >= 0.3 is 0 Å². The van der Waals surface area contributed by atoms with Crippen molar-refractivity contribution in [1.29, 1.82) is 0 Å². The maximum atomic E-state index is 13.1. The average Bonchev–Trinajstić information content (AvgIpc) is 3.38. The van der Waals surface area contributed by atoms with E-state index in [4.69, 9.17) is 20.5 Å². The minimum atomic E-state index is -0.438. The molecule has 9 heteroatoms. The minimum absolute atomic E-state index is 0.0121. The summed E-state index contributed by atoms with van der Waals surface area (Å²) in [5.74, 6) is 1.82. The Morgan fingerprint density at radius 3 is 2.78 bits per heavy atom. The number of benzene rings is 1. The number of hydrogen-bond donors (Lipinski definition) is 3. The van der Waals surface area contributed by atoms with E-state index >= 15 is 0 Å². The van der Waals surface area contributed by atoms with Gasteiger partial charge < -0.3 is 24.9 Å². The van der Waals surface area contributed by atoms with Crippen LogP contribution in [0.15, 0.2) is 33.2 Å². The van der Waals surface area contributed by atoms with Gasteiger partial charge in [-0.25, -0.2) is 0 Å². The first-order valence-electron chi connectivity index (χ1n) is 11.3. The second-order valence-electron chi connectivity index (χ2n) is 8.66. The third-order valence-electron chi connectivity index (χ3n) is 5.88. The summed E-state index contributed by atoms with van der Waals surface area (Å²) in [5.41, 5.74) is 1.19. The van der Waals surface area contributed by atoms with Gasteiger partial charge in [-0.1, -0.05) is 54.9 Å². The maximum Gasteiger partial charge on any atom is 0.296 e. The fourth-order valence-electron chi connectivity index (χ4n) is 4.23. The molecule has 8 nitrogen and oxygen atoms in total. The molecule has 0 spiro atoms. The van der Waals surface area contributed by atoms with E-state index in [2.05, 4.69) is 26.1 Å². The highest BCUT2D eigenvalue weighted by molar-refractivity contribution is 6.34. The monoisotopic (exact) mass is 459 g/mol. The molecule has 1 saturated carbocycles. The summed E-state index contributed by atoms with van der Waals surface area (Å²) in [4.78, 5) is 17.6. The van der Waals surface area contributed by atoms with Crippen LogP contribution in [0.4, 0.5) is 11.8 Å². The highest BCUT2D eigenvalue weighted by atomic mass is 35.5. The number of aryl methyl sites for hydroxylation is 1. The number of anilines is 2. The number of carbonyl (C=O) groups excluding carboxylic acids is 1. The van der Waals surface area contributed by atoms with Gasteiger partial charge in [-0.05, 0) is 38.3 Å². The molecule has 3 aromatic rings. The SMILES string of the molecule is Cc1cc(N[C@@H](C)CNC(=O)[C@H](CC2CCCCC2)Nc2nc3cccc(Cl)c3o2)no1. The second kappa shape index (κ2) is 10.3. The van der Waals surface area contributed by atoms with Crippen LogP contribution in [0.2, 0.25) is 5.02 Å². The largest absolute Gasteiger partial charge is 0.422 e. The molecule has 1 aliphatic rings. The number of amides is 1. The van der Waals surface area contributed by atoms with Crippen molar-refractivity contribution in [2.45, 2.75) is 64.5 Å². The number of para-hydroxylation sites is 1. The molecule has 2 heterocycles. The van der Waals surface area contributed by atoms with Gasteiger partial charge in [0.2, 0.25) is 5.91 Å². The number of rotatable bonds is 9. The number of hydrogen-bond acceptors (Lipinski definition) is 7. The maximum absolute atomic E-state index is 13.1. The molecule has 2 aromatic heterocycles. The highest BCUT2D eigenvalue weighted by Gasteiger charge is 2.26. The van der Waals surface area contributed by atoms with E-state index in [1.54, 1.807) is 6.07 Å². The van der Waals surface area contributed by atoms with Gasteiger partial charge in [0.1, 0.15) is 17.3 Å². The third-order valence-corrected chi connectivity index (χ3v) is 6.18. The normalized spacial score (nSPS) is 16.6. The van der Waals surface area contributed by atoms with Gasteiger partial charge in [0, 0.05) is 18.7 Å². The van der Waals surface area contributed by atoms with Crippen molar-refractivity contribution in [3.63, 3.8) is 0 Å². The standard InChI is InChI=1S/C23H30ClN5O3/c1-14(26-20-11-15(2)32-29-20)13-25-22(30)19(12-16-7-4-3-5-8-16)28-23-27-18-10-6-9-17(24)21(18)31-23/h6,9-11,14,16,19H,3-5,7-8,12-13H2,1-2H3,(H,25,30)(H,26,29)(H,27,28)/t14-,19-/m0/s1. The van der Waals surface area contributed by atoms with Gasteiger partial charge in [0.05, 0.1) is 5.02 Å². The van der Waals surface area contributed by atoms with Crippen LogP contribution in [0.1, 0.15) is 51.2 Å². The lowest BCUT2D eigenvalue weighted by atomic mass is 9.84. The van der Waals surface area contributed by atoms with Crippen LogP contribution in [-0.4, -0.2) is 34.7 Å². The quantitative estimate of drug-likeness (QED) is 0.406. The van der Waals surface area contributed by atoms with Crippen molar-refractivity contribution in [2.24, 2.45) is 5.92 Å². The lowest BCUT2D eigenvalue weighted by Crippen LogP contribution is -2.44. The first kappa shape index (κ1) is 22.5. The minimum Gasteiger partial charge on any atom is -0.422 e. The Bertz CT molecular complexity index is 1040. The summed E-state index contributed by atoms with van der Waals surface area (Å²) in [6, 6.07) is 7.11. The number of carbonyl (C=O) groups is 1. The van der Waals surface area contributed by atoms with Crippen molar-refractivity contribution in [2.75, 3.05) is 17.2 Å². The number of aromatic nitrogens is 2. The van der Waals surface area contributed by atoms with Crippen LogP contribution in [0.25, 0.3) is 11.1 Å². The molecule has 1 aliphatic carbocycles. The molecule has 2 atom stereocenters. The van der Waals surface area contributed by atoms with Crippen LogP contribution >= 0.6 is 11.6 Å². The molecule has 0 radical (unpaired) electrons. The van der Waals surface area contributed by atoms with Crippen molar-refractivity contribution in [1.82, 2.24) is 15.5 Å². The number of oxazole rings is 1. The van der Waals surface area contributed by atoms with Crippen LogP contribution in [-0.2, 0) is 4.79 Å². The summed E-state index contributed by atoms with van der Waals surface area (Å²) in [5, 5.41) is 13.9. The molecule has 0 saturated heterocycles. The zero-order valence-electron chi connectivity index (χ0n) is 18.5. The van der Waals surface area contributed by atoms with E-state index < -0.39 is 6.04 Å². The molecule has 1 aromatic carbocycles. The van der Waals surface area contributed by atoms with E-state index in [9.17, 15) is 4.79 Å². The van der Waals surface area contributed by atoms with E-state index in [0.29, 0.717) is 40.4 Å². The molecule has 0 unspecified atom stereocenters. The Balaban J connectivity index is 1.41. The Morgan fingerprint density at radius 1 is 1.25 bits per heavy atom. The number of fused-ring (bicyclic) bond motifs is 1. The Labute approximate surface area is 192 Å². The van der Waals surface area contributed by atoms with Crippen molar-refractivity contribution >= 4 is 40.4 Å². The van der Waals surface area contributed by atoms with Gasteiger partial charge in [0.15, 0.2) is 11.4 Å². The Kier molecular flexibility index (Phi) is 7.19. The summed E-state index contributed by atoms with van der Waals surface area (Å²) < 4.78 is 10.9. The molecule has 4 rings (SSSR count). The summed E-state index contributed by atoms with van der Waals surface area (Å²) >= 11 is 6.22. The summed E-state index contributed by atoms with van der Waals surface area (Å²) in [6.07, 6.45) is 6.74. The highest BCUT2D eigenvalue weighted by Crippen LogP contribution is 2.30. The lowest BCUT2D eigenvalue weighted by Gasteiger charge is -2.26. The van der Waals surface area contributed by atoms with E-state index in [-0.39, 0.29) is 11.9 Å². The molecule has 1 fully saturated rings. The first-order valence-corrected chi connectivity index (χ1v) is 11.6. The van der Waals surface area contributed by atoms with Crippen LogP contribution in [0.5, 0.6) is 0 Å². The van der Waals surface area contributed by atoms with Gasteiger partial charge in [-0.3, -0.25) is 4.79 Å². The average molecular weight is 460 g/mol. The zero-order chi connectivity index (χ0) is 22.5. The van der Waals surface area contributed by atoms with E-state index in [0.717, 1.165) is 25.0 Å². The smallest absolute Gasteiger partial charge is 0.296 e. The lowest BCUT2D eigenvalue weighted by molar-refractivity contribution is -0.122. The number of halogens is 1. The predicted octanol–water partition coefficient (Wildman–Crippen LogP) is 5.15. The van der Waals surface area contributed by atoms with Gasteiger partial charge in [0.25, 0.3) is 6.01 Å². The molecule has 1 amide bonds. The summed E-state index contributed by atoms with van der Waals surface area (Å²) in [7, 11) is 0. The Hall–Kier alpha value is -2.74. The molecule has 3 N–H and O–H groups in total. The van der Waals surface area contributed by atoms with Crippen LogP contribution in [0.3, 0.4) is 0 Å². The molecule has 0 aliphatic heterocycles. The second-order valence-corrected chi connectivity index (χ2v) is 9.06. The topological polar surface area (TPSA) is 105 Å². The van der Waals surface area contributed by atoms with Crippen molar-refractivity contribution in [3.8, 4) is 0 Å². The first-order chi connectivity index (χ1) is 15.5. The van der Waals surface area contributed by atoms with Gasteiger partial charge in [-0.15, -0.1) is 0 Å². The number of nitrogens with zero attached hydrogens (tertiary/aromatic N) is 2. The fraction of sp³-hybridized carbons (Fsp3) is 0.522. The van der Waals surface area contributed by atoms with Crippen LogP contribution < -0.4 is 16.0 Å². The Morgan fingerprint density at radius 2 is 2.06 bits per heavy atom. The summed E-state index contributed by atoms with van der Waals surface area (Å²) in [6.45, 7) is 4.27. The fourth-order valence-corrected chi connectivity index (χ4v) is 4.44. The molecule has 32 heavy (non-hydrogen) atoms.